The molecular weight excluding hydrogens is 352 g/mol. The van der Waals surface area contributed by atoms with Crippen molar-refractivity contribution in [3.63, 3.8) is 0 Å². The molecule has 2 heteroatoms. The van der Waals surface area contributed by atoms with Crippen molar-refractivity contribution < 1.29 is 4.57 Å². The van der Waals surface area contributed by atoms with E-state index in [0.29, 0.717) is 12.0 Å². The Morgan fingerprint density at radius 1 is 0.655 bits per heavy atom. The Labute approximate surface area is 183 Å². The molecule has 0 aliphatic heterocycles. The molecule has 29 heavy (non-hydrogen) atoms. The predicted molar refractivity (Wildman–Crippen MR) is 129 cm³/mol. The first-order valence-electron chi connectivity index (χ1n) is 13.3. The van der Waals surface area contributed by atoms with Crippen molar-refractivity contribution in [3.8, 4) is 0 Å². The lowest BCUT2D eigenvalue weighted by Gasteiger charge is -2.14. The molecule has 170 valence electrons. The number of imidazole rings is 1. The molecule has 0 aliphatic carbocycles. The molecule has 0 spiro atoms. The number of nitrogens with one attached hydrogen (secondary N) is 1. The summed E-state index contributed by atoms with van der Waals surface area (Å²) < 4.78 is 2.52. The van der Waals surface area contributed by atoms with E-state index in [1.165, 1.54) is 121 Å². The lowest BCUT2D eigenvalue weighted by molar-refractivity contribution is -0.727. The van der Waals surface area contributed by atoms with E-state index >= 15 is 0 Å². The van der Waals surface area contributed by atoms with Crippen molar-refractivity contribution >= 4 is 0 Å². The molecule has 0 bridgehead atoms. The first kappa shape index (κ1) is 26.2. The fourth-order valence-electron chi connectivity index (χ4n) is 4.57. The third-order valence-electron chi connectivity index (χ3n) is 6.65. The number of aromatic amines is 1. The summed E-state index contributed by atoms with van der Waals surface area (Å²) in [6.45, 7) is 9.41. The highest BCUT2D eigenvalue weighted by molar-refractivity contribution is 4.87. The van der Waals surface area contributed by atoms with Crippen LogP contribution in [-0.4, -0.2) is 4.98 Å². The Morgan fingerprint density at radius 2 is 1.10 bits per heavy atom. The maximum Gasteiger partial charge on any atom is 0.257 e. The van der Waals surface area contributed by atoms with Crippen LogP contribution in [0, 0.1) is 0 Å². The molecular formula is C27H53N2+. The lowest BCUT2D eigenvalue weighted by atomic mass is 10.00. The number of hydrogen-bond acceptors (Lipinski definition) is 0. The van der Waals surface area contributed by atoms with Gasteiger partial charge in [-0.3, -0.25) is 0 Å². The fraction of sp³-hybridized carbons (Fsp3) is 0.889. The lowest BCUT2D eigenvalue weighted by Crippen LogP contribution is -2.40. The first-order chi connectivity index (χ1) is 14.2. The summed E-state index contributed by atoms with van der Waals surface area (Å²) in [5.74, 6) is 2.09. The van der Waals surface area contributed by atoms with Gasteiger partial charge in [-0.05, 0) is 26.2 Å². The molecule has 1 aromatic heterocycles. The van der Waals surface area contributed by atoms with Gasteiger partial charge in [-0.25, -0.2) is 9.55 Å². The zero-order valence-electron chi connectivity index (χ0n) is 20.5. The molecule has 1 heterocycles. The van der Waals surface area contributed by atoms with Gasteiger partial charge in [0.1, 0.15) is 12.4 Å². The van der Waals surface area contributed by atoms with Crippen LogP contribution in [0.15, 0.2) is 12.4 Å². The minimum absolute atomic E-state index is 0.622. The summed E-state index contributed by atoms with van der Waals surface area (Å²) in [4.78, 5) is 3.55. The Bertz CT molecular complexity index is 465. The topological polar surface area (TPSA) is 19.7 Å². The normalized spacial score (nSPS) is 13.7. The Kier molecular flexibility index (Phi) is 16.3. The molecule has 0 aromatic carbocycles. The van der Waals surface area contributed by atoms with Crippen LogP contribution in [-0.2, 0) is 0 Å². The van der Waals surface area contributed by atoms with Gasteiger partial charge in [0.2, 0.25) is 0 Å². The second-order valence-electron chi connectivity index (χ2n) is 9.53. The van der Waals surface area contributed by atoms with Gasteiger partial charge < -0.3 is 0 Å². The standard InChI is InChI=1S/C27H52N2/c1-5-7-9-11-13-14-16-18-20-22-26(4)29-24-23-28-27(29)25(3)21-19-17-15-12-10-8-6-2/h23-26H,5-22H2,1-4H3/p+1. The summed E-state index contributed by atoms with van der Waals surface area (Å²) in [5.41, 5.74) is 0. The van der Waals surface area contributed by atoms with Gasteiger partial charge in [-0.1, -0.05) is 117 Å². The molecule has 0 aliphatic rings. The molecule has 0 saturated carbocycles. The van der Waals surface area contributed by atoms with E-state index < -0.39 is 0 Å². The predicted octanol–water partition coefficient (Wildman–Crippen LogP) is 9.03. The van der Waals surface area contributed by atoms with Gasteiger partial charge >= 0.3 is 0 Å². The average molecular weight is 406 g/mol. The van der Waals surface area contributed by atoms with Crippen LogP contribution in [0.5, 0.6) is 0 Å². The van der Waals surface area contributed by atoms with E-state index in [-0.39, 0.29) is 0 Å². The summed E-state index contributed by atoms with van der Waals surface area (Å²) >= 11 is 0. The van der Waals surface area contributed by atoms with E-state index in [2.05, 4.69) is 49.6 Å². The monoisotopic (exact) mass is 405 g/mol. The van der Waals surface area contributed by atoms with Crippen molar-refractivity contribution in [2.75, 3.05) is 0 Å². The van der Waals surface area contributed by atoms with Crippen LogP contribution in [0.2, 0.25) is 0 Å². The summed E-state index contributed by atoms with van der Waals surface area (Å²) in [6, 6.07) is 0.622. The first-order valence-corrected chi connectivity index (χ1v) is 13.3. The van der Waals surface area contributed by atoms with Crippen molar-refractivity contribution in [1.82, 2.24) is 4.98 Å². The number of nitrogens with zero attached hydrogens (tertiary/aromatic N) is 1. The zero-order valence-corrected chi connectivity index (χ0v) is 20.5. The summed E-state index contributed by atoms with van der Waals surface area (Å²) in [5, 5.41) is 0. The van der Waals surface area contributed by atoms with E-state index in [1.54, 1.807) is 0 Å². The van der Waals surface area contributed by atoms with Gasteiger partial charge in [-0.2, -0.15) is 0 Å². The van der Waals surface area contributed by atoms with Crippen LogP contribution in [0.3, 0.4) is 0 Å². The Hall–Kier alpha value is -0.790. The molecule has 1 rings (SSSR count). The zero-order chi connectivity index (χ0) is 21.2. The van der Waals surface area contributed by atoms with E-state index in [9.17, 15) is 0 Å². The smallest absolute Gasteiger partial charge is 0.247 e. The van der Waals surface area contributed by atoms with Crippen LogP contribution in [0.1, 0.15) is 161 Å². The molecule has 0 amide bonds. The van der Waals surface area contributed by atoms with Crippen LogP contribution in [0.25, 0.3) is 0 Å². The van der Waals surface area contributed by atoms with Gasteiger partial charge in [0.15, 0.2) is 0 Å². The minimum atomic E-state index is 0.622. The highest BCUT2D eigenvalue weighted by Gasteiger charge is 2.22. The second kappa shape index (κ2) is 18.0. The molecule has 2 atom stereocenters. The van der Waals surface area contributed by atoms with Gasteiger partial charge in [0, 0.05) is 0 Å². The number of aromatic nitrogens is 2. The van der Waals surface area contributed by atoms with E-state index in [1.807, 2.05) is 0 Å². The molecule has 0 radical (unpaired) electrons. The van der Waals surface area contributed by atoms with Crippen LogP contribution >= 0.6 is 0 Å². The van der Waals surface area contributed by atoms with E-state index in [4.69, 9.17) is 0 Å². The number of unbranched alkanes of at least 4 members (excludes halogenated alkanes) is 14. The Balaban J connectivity index is 2.17. The maximum atomic E-state index is 3.55. The summed E-state index contributed by atoms with van der Waals surface area (Å²) in [7, 11) is 0. The SMILES string of the molecule is CCCCCCCCCCCC(C)[n+]1cc[nH]c1C(C)CCCCCCCCC. The quantitative estimate of drug-likeness (QED) is 0.165. The van der Waals surface area contributed by atoms with Crippen molar-refractivity contribution in [2.45, 2.75) is 155 Å². The molecule has 0 saturated heterocycles. The molecule has 1 aromatic rings. The number of rotatable bonds is 20. The van der Waals surface area contributed by atoms with Crippen molar-refractivity contribution in [2.24, 2.45) is 0 Å². The number of H-pyrrole nitrogens is 1. The average Bonchev–Trinajstić information content (AvgIpc) is 3.22. The third kappa shape index (κ3) is 12.5. The highest BCUT2D eigenvalue weighted by atomic mass is 15.1. The molecule has 0 fully saturated rings. The Morgan fingerprint density at radius 3 is 1.62 bits per heavy atom. The molecule has 1 N–H and O–H groups in total. The fourth-order valence-corrected chi connectivity index (χ4v) is 4.57. The molecule has 2 unspecified atom stereocenters. The van der Waals surface area contributed by atoms with Gasteiger partial charge in [0.25, 0.3) is 5.82 Å². The van der Waals surface area contributed by atoms with Gasteiger partial charge in [-0.15, -0.1) is 0 Å². The van der Waals surface area contributed by atoms with Crippen LogP contribution < -0.4 is 4.57 Å². The van der Waals surface area contributed by atoms with Gasteiger partial charge in [0.05, 0.1) is 12.0 Å². The van der Waals surface area contributed by atoms with Crippen molar-refractivity contribution in [3.05, 3.63) is 18.2 Å². The maximum absolute atomic E-state index is 3.55. The highest BCUT2D eigenvalue weighted by Crippen LogP contribution is 2.21. The van der Waals surface area contributed by atoms with E-state index in [0.717, 1.165) is 0 Å². The summed E-state index contributed by atoms with van der Waals surface area (Å²) in [6.07, 6.45) is 29.6. The minimum Gasteiger partial charge on any atom is -0.247 e. The molecule has 2 nitrogen and oxygen atoms in total. The van der Waals surface area contributed by atoms with Crippen molar-refractivity contribution in [1.29, 1.82) is 0 Å². The number of hydrogen-bond donors (Lipinski definition) is 1. The largest absolute Gasteiger partial charge is 0.257 e. The van der Waals surface area contributed by atoms with Crippen LogP contribution in [0.4, 0.5) is 0 Å². The second-order valence-corrected chi connectivity index (χ2v) is 9.53. The third-order valence-corrected chi connectivity index (χ3v) is 6.65.